The molecule has 0 spiro atoms. The van der Waals surface area contributed by atoms with Gasteiger partial charge in [-0.15, -0.1) is 0 Å². The van der Waals surface area contributed by atoms with Crippen LogP contribution in [0.2, 0.25) is 0 Å². The number of aromatic nitrogens is 2. The molecule has 1 fully saturated rings. The summed E-state index contributed by atoms with van der Waals surface area (Å²) in [4.78, 5) is 9.18. The van der Waals surface area contributed by atoms with Gasteiger partial charge in [-0.3, -0.25) is 4.90 Å². The van der Waals surface area contributed by atoms with Crippen LogP contribution in [0.25, 0.3) is 17.5 Å². The zero-order valence-corrected chi connectivity index (χ0v) is 12.3. The van der Waals surface area contributed by atoms with Gasteiger partial charge in [0.25, 0.3) is 5.89 Å². The topological polar surface area (TPSA) is 45.4 Å². The standard InChI is InChI=1S/C16H20N4O/c1-3-13-4-6-14(7-5-13)16-17-15(18-21-16)12-20-10-8-19(2)9-11-20/h3-7H,1,8-12H2,2H3. The fraction of sp³-hybridized carbons (Fsp3) is 0.375. The number of nitrogens with zero attached hydrogens (tertiary/aromatic N) is 4. The highest BCUT2D eigenvalue weighted by molar-refractivity contribution is 5.57. The minimum Gasteiger partial charge on any atom is -0.334 e. The van der Waals surface area contributed by atoms with Crippen LogP contribution in [0.1, 0.15) is 11.4 Å². The number of hydrogen-bond donors (Lipinski definition) is 0. The van der Waals surface area contributed by atoms with Crippen LogP contribution in [0.15, 0.2) is 35.4 Å². The molecule has 2 aromatic rings. The second-order valence-corrected chi connectivity index (χ2v) is 5.42. The lowest BCUT2D eigenvalue weighted by atomic mass is 10.1. The first kappa shape index (κ1) is 14.0. The van der Waals surface area contributed by atoms with Crippen LogP contribution >= 0.6 is 0 Å². The molecule has 110 valence electrons. The van der Waals surface area contributed by atoms with Crippen LogP contribution < -0.4 is 0 Å². The summed E-state index contributed by atoms with van der Waals surface area (Å²) < 4.78 is 5.36. The summed E-state index contributed by atoms with van der Waals surface area (Å²) in [5, 5.41) is 4.09. The average Bonchev–Trinajstić information content (AvgIpc) is 2.98. The third-order valence-electron chi connectivity index (χ3n) is 3.82. The number of hydrogen-bond acceptors (Lipinski definition) is 5. The second-order valence-electron chi connectivity index (χ2n) is 5.42. The molecule has 0 saturated carbocycles. The molecule has 1 aliphatic heterocycles. The van der Waals surface area contributed by atoms with E-state index in [0.29, 0.717) is 5.89 Å². The third kappa shape index (κ3) is 3.37. The van der Waals surface area contributed by atoms with Crippen LogP contribution in [0.4, 0.5) is 0 Å². The molecule has 1 aromatic heterocycles. The van der Waals surface area contributed by atoms with Crippen molar-refractivity contribution in [3.63, 3.8) is 0 Å². The molecule has 0 amide bonds. The largest absolute Gasteiger partial charge is 0.334 e. The number of likely N-dealkylation sites (N-methyl/N-ethyl adjacent to an activating group) is 1. The fourth-order valence-corrected chi connectivity index (χ4v) is 2.40. The quantitative estimate of drug-likeness (QED) is 0.860. The Labute approximate surface area is 124 Å². The third-order valence-corrected chi connectivity index (χ3v) is 3.82. The van der Waals surface area contributed by atoms with Crippen molar-refractivity contribution in [2.45, 2.75) is 6.54 Å². The summed E-state index contributed by atoms with van der Waals surface area (Å²) in [6.07, 6.45) is 1.82. The van der Waals surface area contributed by atoms with E-state index in [9.17, 15) is 0 Å². The van der Waals surface area contributed by atoms with Gasteiger partial charge in [-0.1, -0.05) is 29.9 Å². The first-order valence-corrected chi connectivity index (χ1v) is 7.21. The normalized spacial score (nSPS) is 17.0. The predicted molar refractivity (Wildman–Crippen MR) is 82.6 cm³/mol. The summed E-state index contributed by atoms with van der Waals surface area (Å²) in [6, 6.07) is 7.94. The van der Waals surface area contributed by atoms with E-state index in [-0.39, 0.29) is 0 Å². The molecule has 3 rings (SSSR count). The monoisotopic (exact) mass is 284 g/mol. The van der Waals surface area contributed by atoms with Gasteiger partial charge in [-0.25, -0.2) is 0 Å². The lowest BCUT2D eigenvalue weighted by Gasteiger charge is -2.31. The molecule has 1 aliphatic rings. The van der Waals surface area contributed by atoms with E-state index in [1.54, 1.807) is 0 Å². The maximum absolute atomic E-state index is 5.36. The molecule has 0 unspecified atom stereocenters. The van der Waals surface area contributed by atoms with Gasteiger partial charge in [0.15, 0.2) is 5.82 Å². The van der Waals surface area contributed by atoms with Gasteiger partial charge in [0.2, 0.25) is 0 Å². The number of piperazine rings is 1. The van der Waals surface area contributed by atoms with E-state index in [0.717, 1.165) is 49.7 Å². The van der Waals surface area contributed by atoms with Gasteiger partial charge in [0.1, 0.15) is 0 Å². The Kier molecular flexibility index (Phi) is 4.13. The molecule has 21 heavy (non-hydrogen) atoms. The number of benzene rings is 1. The van der Waals surface area contributed by atoms with Gasteiger partial charge in [0.05, 0.1) is 6.54 Å². The molecule has 0 N–H and O–H groups in total. The second kappa shape index (κ2) is 6.20. The van der Waals surface area contributed by atoms with E-state index < -0.39 is 0 Å². The van der Waals surface area contributed by atoms with Gasteiger partial charge < -0.3 is 9.42 Å². The highest BCUT2D eigenvalue weighted by atomic mass is 16.5. The van der Waals surface area contributed by atoms with Gasteiger partial charge in [0, 0.05) is 31.7 Å². The molecular formula is C16H20N4O. The number of rotatable bonds is 4. The maximum Gasteiger partial charge on any atom is 0.257 e. The van der Waals surface area contributed by atoms with Crippen molar-refractivity contribution in [3.8, 4) is 11.5 Å². The molecule has 0 radical (unpaired) electrons. The Morgan fingerprint density at radius 1 is 1.19 bits per heavy atom. The van der Waals surface area contributed by atoms with Crippen molar-refractivity contribution >= 4 is 6.08 Å². The molecule has 0 atom stereocenters. The van der Waals surface area contributed by atoms with Crippen LogP contribution in [-0.4, -0.2) is 53.2 Å². The lowest BCUT2D eigenvalue weighted by Crippen LogP contribution is -2.44. The Hall–Kier alpha value is -1.98. The Morgan fingerprint density at radius 2 is 1.90 bits per heavy atom. The van der Waals surface area contributed by atoms with E-state index >= 15 is 0 Å². The summed E-state index contributed by atoms with van der Waals surface area (Å²) in [6.45, 7) is 8.78. The van der Waals surface area contributed by atoms with Gasteiger partial charge in [-0.05, 0) is 24.7 Å². The smallest absolute Gasteiger partial charge is 0.257 e. The van der Waals surface area contributed by atoms with Crippen molar-refractivity contribution in [1.82, 2.24) is 19.9 Å². The summed E-state index contributed by atoms with van der Waals surface area (Å²) in [5.41, 5.74) is 2.02. The Bertz CT molecular complexity index is 597. The van der Waals surface area contributed by atoms with Gasteiger partial charge >= 0.3 is 0 Å². The zero-order valence-electron chi connectivity index (χ0n) is 12.3. The molecular weight excluding hydrogens is 264 g/mol. The van der Waals surface area contributed by atoms with Crippen molar-refractivity contribution in [2.24, 2.45) is 0 Å². The molecule has 5 nitrogen and oxygen atoms in total. The average molecular weight is 284 g/mol. The van der Waals surface area contributed by atoms with Crippen LogP contribution in [0, 0.1) is 0 Å². The first-order chi connectivity index (χ1) is 10.2. The SMILES string of the molecule is C=Cc1ccc(-c2nc(CN3CCN(C)CC3)no2)cc1. The Morgan fingerprint density at radius 3 is 2.57 bits per heavy atom. The molecule has 1 aromatic carbocycles. The zero-order chi connectivity index (χ0) is 14.7. The van der Waals surface area contributed by atoms with Crippen LogP contribution in [0.3, 0.4) is 0 Å². The van der Waals surface area contributed by atoms with Crippen molar-refractivity contribution in [3.05, 3.63) is 42.2 Å². The fourth-order valence-electron chi connectivity index (χ4n) is 2.40. The minimum absolute atomic E-state index is 0.578. The summed E-state index contributed by atoms with van der Waals surface area (Å²) >= 11 is 0. The van der Waals surface area contributed by atoms with Crippen LogP contribution in [-0.2, 0) is 6.54 Å². The molecule has 0 aliphatic carbocycles. The minimum atomic E-state index is 0.578. The van der Waals surface area contributed by atoms with E-state index in [1.165, 1.54) is 0 Å². The van der Waals surface area contributed by atoms with E-state index in [2.05, 4.69) is 33.6 Å². The van der Waals surface area contributed by atoms with Crippen molar-refractivity contribution < 1.29 is 4.52 Å². The lowest BCUT2D eigenvalue weighted by molar-refractivity contribution is 0.144. The van der Waals surface area contributed by atoms with Crippen molar-refractivity contribution in [1.29, 1.82) is 0 Å². The van der Waals surface area contributed by atoms with Crippen LogP contribution in [0.5, 0.6) is 0 Å². The first-order valence-electron chi connectivity index (χ1n) is 7.21. The Balaban J connectivity index is 1.66. The van der Waals surface area contributed by atoms with Gasteiger partial charge in [-0.2, -0.15) is 4.98 Å². The molecule has 1 saturated heterocycles. The van der Waals surface area contributed by atoms with E-state index in [4.69, 9.17) is 4.52 Å². The summed E-state index contributed by atoms with van der Waals surface area (Å²) in [7, 11) is 2.15. The molecule has 2 heterocycles. The molecule has 0 bridgehead atoms. The predicted octanol–water partition coefficient (Wildman–Crippen LogP) is 2.13. The highest BCUT2D eigenvalue weighted by Crippen LogP contribution is 2.18. The van der Waals surface area contributed by atoms with E-state index in [1.807, 2.05) is 30.3 Å². The van der Waals surface area contributed by atoms with Crippen molar-refractivity contribution in [2.75, 3.05) is 33.2 Å². The maximum atomic E-state index is 5.36. The highest BCUT2D eigenvalue weighted by Gasteiger charge is 2.17. The molecule has 5 heteroatoms. The summed E-state index contributed by atoms with van der Waals surface area (Å²) in [5.74, 6) is 1.33.